The second-order valence-corrected chi connectivity index (χ2v) is 17.0. The smallest absolute Gasteiger partial charge is 0.328 e. The van der Waals surface area contributed by atoms with Crippen LogP contribution < -0.4 is 16.0 Å². The number of benzene rings is 1. The number of carbonyl (C=O) groups excluding carboxylic acids is 8. The zero-order valence-electron chi connectivity index (χ0n) is 38.6. The van der Waals surface area contributed by atoms with E-state index in [0.29, 0.717) is 62.9 Å². The standard InChI is InChI=1S/C46H70N6O11/c1-10-30(4)43(50(6)41(57)25-29(2)3)36(61-7)27-42(58)51-24-14-15-35(51)44(62-8)31(5)45(59)49-34(46(60)63-9)26-32-17-19-33(20-18-32)48-38(54)28-47-37(53)16-12-11-13-23-52-39(55)21-22-40(52)56/h17-22,29-31,34-36,43-44H,10-16,23-28H2,1-9H3,(H,47,53)(H,48,54)(H,49,59). The Hall–Kier alpha value is -5.16. The van der Waals surface area contributed by atoms with E-state index >= 15 is 0 Å². The van der Waals surface area contributed by atoms with E-state index in [1.54, 1.807) is 55.1 Å². The Bertz CT molecular complexity index is 1750. The van der Waals surface area contributed by atoms with Gasteiger partial charge in [-0.25, -0.2) is 4.79 Å². The number of methoxy groups -OCH3 is 3. The van der Waals surface area contributed by atoms with Gasteiger partial charge in [-0.15, -0.1) is 0 Å². The number of hydrogen-bond donors (Lipinski definition) is 3. The van der Waals surface area contributed by atoms with Gasteiger partial charge in [0.1, 0.15) is 6.04 Å². The SMILES string of the molecule is CCC(C)C(C(CC(=O)N1CCCC1C(OC)C(C)C(=O)NC(Cc1ccc(NC(=O)CNC(=O)CCCCCN2C(=O)C=CC2=O)cc1)C(=O)OC)OC)N(C)C(=O)CC(C)C. The molecule has 7 unspecified atom stereocenters. The molecule has 0 aliphatic carbocycles. The van der Waals surface area contributed by atoms with Crippen LogP contribution in [0.2, 0.25) is 0 Å². The fourth-order valence-electron chi connectivity index (χ4n) is 8.27. The van der Waals surface area contributed by atoms with Gasteiger partial charge in [0.2, 0.25) is 29.5 Å². The molecule has 1 aromatic rings. The fraction of sp³-hybridized carbons (Fsp3) is 0.652. The molecule has 3 N–H and O–H groups in total. The van der Waals surface area contributed by atoms with E-state index in [4.69, 9.17) is 14.2 Å². The van der Waals surface area contributed by atoms with Crippen molar-refractivity contribution in [3.63, 3.8) is 0 Å². The van der Waals surface area contributed by atoms with Crippen molar-refractivity contribution in [1.82, 2.24) is 25.3 Å². The number of amides is 7. The summed E-state index contributed by atoms with van der Waals surface area (Å²) in [7, 11) is 6.08. The highest BCUT2D eigenvalue weighted by Gasteiger charge is 2.42. The van der Waals surface area contributed by atoms with Crippen LogP contribution in [0.4, 0.5) is 5.69 Å². The van der Waals surface area contributed by atoms with Crippen molar-refractivity contribution in [2.24, 2.45) is 17.8 Å². The summed E-state index contributed by atoms with van der Waals surface area (Å²) in [5, 5.41) is 8.13. The number of unbranched alkanes of at least 4 members (excludes halogenated alkanes) is 2. The van der Waals surface area contributed by atoms with Gasteiger partial charge in [0.25, 0.3) is 11.8 Å². The first kappa shape index (κ1) is 52.2. The molecule has 7 amide bonds. The third kappa shape index (κ3) is 15.6. The van der Waals surface area contributed by atoms with Crippen molar-refractivity contribution in [1.29, 1.82) is 0 Å². The normalized spacial score (nSPS) is 17.8. The molecule has 1 aromatic carbocycles. The van der Waals surface area contributed by atoms with Gasteiger partial charge in [0.05, 0.1) is 50.3 Å². The van der Waals surface area contributed by atoms with E-state index in [0.717, 1.165) is 11.3 Å². The lowest BCUT2D eigenvalue weighted by atomic mass is 9.90. The maximum atomic E-state index is 14.0. The lowest BCUT2D eigenvalue weighted by Gasteiger charge is -2.39. The second-order valence-electron chi connectivity index (χ2n) is 17.0. The predicted molar refractivity (Wildman–Crippen MR) is 236 cm³/mol. The van der Waals surface area contributed by atoms with E-state index in [2.05, 4.69) is 29.8 Å². The van der Waals surface area contributed by atoms with Crippen molar-refractivity contribution in [2.75, 3.05) is 53.3 Å². The average molecular weight is 883 g/mol. The zero-order chi connectivity index (χ0) is 46.8. The summed E-state index contributed by atoms with van der Waals surface area (Å²) in [6, 6.07) is 4.93. The topological polar surface area (TPSA) is 210 Å². The fourth-order valence-corrected chi connectivity index (χ4v) is 8.27. The molecule has 2 aliphatic heterocycles. The minimum Gasteiger partial charge on any atom is -0.467 e. The number of nitrogens with zero attached hydrogens (tertiary/aromatic N) is 3. The molecule has 0 radical (unpaired) electrons. The van der Waals surface area contributed by atoms with Gasteiger partial charge in [0, 0.05) is 71.5 Å². The van der Waals surface area contributed by atoms with Crippen LogP contribution in [-0.4, -0.2) is 140 Å². The minimum atomic E-state index is -1.04. The molecule has 2 heterocycles. The van der Waals surface area contributed by atoms with Crippen LogP contribution in [0, 0.1) is 17.8 Å². The van der Waals surface area contributed by atoms with Crippen LogP contribution >= 0.6 is 0 Å². The van der Waals surface area contributed by atoms with Crippen LogP contribution in [0.5, 0.6) is 0 Å². The Kier molecular flexibility index (Phi) is 21.4. The number of likely N-dealkylation sites (tertiary alicyclic amines) is 1. The molecule has 7 atom stereocenters. The number of hydrogen-bond acceptors (Lipinski definition) is 11. The number of imide groups is 1. The van der Waals surface area contributed by atoms with Crippen molar-refractivity contribution in [2.45, 2.75) is 129 Å². The highest BCUT2D eigenvalue weighted by molar-refractivity contribution is 6.12. The third-order valence-corrected chi connectivity index (χ3v) is 12.0. The van der Waals surface area contributed by atoms with Gasteiger partial charge in [-0.1, -0.05) is 59.6 Å². The largest absolute Gasteiger partial charge is 0.467 e. The Morgan fingerprint density at radius 1 is 0.873 bits per heavy atom. The molecule has 2 aliphatic rings. The van der Waals surface area contributed by atoms with Gasteiger partial charge in [-0.3, -0.25) is 38.5 Å². The summed E-state index contributed by atoms with van der Waals surface area (Å²) in [5.74, 6) is -3.15. The maximum absolute atomic E-state index is 14.0. The quantitative estimate of drug-likeness (QED) is 0.0698. The molecular formula is C46H70N6O11. The lowest BCUT2D eigenvalue weighted by molar-refractivity contribution is -0.148. The highest BCUT2D eigenvalue weighted by Crippen LogP contribution is 2.30. The van der Waals surface area contributed by atoms with Gasteiger partial charge in [0.15, 0.2) is 0 Å². The molecule has 0 saturated carbocycles. The van der Waals surface area contributed by atoms with E-state index in [9.17, 15) is 38.4 Å². The summed E-state index contributed by atoms with van der Waals surface area (Å²) in [5.41, 5.74) is 1.14. The molecule has 1 saturated heterocycles. The van der Waals surface area contributed by atoms with Crippen molar-refractivity contribution >= 4 is 53.0 Å². The molecule has 350 valence electrons. The van der Waals surface area contributed by atoms with Gasteiger partial charge >= 0.3 is 5.97 Å². The first-order valence-corrected chi connectivity index (χ1v) is 22.1. The Balaban J connectivity index is 1.55. The Morgan fingerprint density at radius 3 is 2.13 bits per heavy atom. The van der Waals surface area contributed by atoms with E-state index in [1.165, 1.54) is 26.4 Å². The number of esters is 1. The number of anilines is 1. The molecule has 3 rings (SSSR count). The first-order chi connectivity index (χ1) is 29.9. The Labute approximate surface area is 372 Å². The predicted octanol–water partition coefficient (Wildman–Crippen LogP) is 3.39. The van der Waals surface area contributed by atoms with Crippen LogP contribution in [0.1, 0.15) is 98.0 Å². The molecule has 17 nitrogen and oxygen atoms in total. The Morgan fingerprint density at radius 2 is 1.54 bits per heavy atom. The maximum Gasteiger partial charge on any atom is 0.328 e. The molecule has 0 spiro atoms. The average Bonchev–Trinajstić information content (AvgIpc) is 3.87. The summed E-state index contributed by atoms with van der Waals surface area (Å²) in [6.45, 7) is 10.3. The van der Waals surface area contributed by atoms with Gasteiger partial charge < -0.3 is 40.0 Å². The number of ether oxygens (including phenoxy) is 3. The van der Waals surface area contributed by atoms with Crippen molar-refractivity contribution in [3.8, 4) is 0 Å². The van der Waals surface area contributed by atoms with E-state index in [-0.39, 0.29) is 73.2 Å². The molecule has 0 bridgehead atoms. The number of rotatable bonds is 26. The number of nitrogens with one attached hydrogen (secondary N) is 3. The van der Waals surface area contributed by atoms with Crippen LogP contribution in [0.15, 0.2) is 36.4 Å². The summed E-state index contributed by atoms with van der Waals surface area (Å²) >= 11 is 0. The van der Waals surface area contributed by atoms with E-state index in [1.807, 2.05) is 13.8 Å². The molecule has 0 aromatic heterocycles. The molecule has 63 heavy (non-hydrogen) atoms. The van der Waals surface area contributed by atoms with Gasteiger partial charge in [-0.2, -0.15) is 0 Å². The van der Waals surface area contributed by atoms with Gasteiger partial charge in [-0.05, 0) is 55.2 Å². The summed E-state index contributed by atoms with van der Waals surface area (Å²) in [6.07, 6.45) is 5.84. The summed E-state index contributed by atoms with van der Waals surface area (Å²) < 4.78 is 16.9. The molecular weight excluding hydrogens is 813 g/mol. The molecule has 1 fully saturated rings. The number of likely N-dealkylation sites (N-methyl/N-ethyl adjacent to an activating group) is 1. The van der Waals surface area contributed by atoms with Crippen LogP contribution in [0.25, 0.3) is 0 Å². The first-order valence-electron chi connectivity index (χ1n) is 22.1. The second kappa shape index (κ2) is 25.8. The van der Waals surface area contributed by atoms with Crippen molar-refractivity contribution < 1.29 is 52.6 Å². The minimum absolute atomic E-state index is 0.00272. The van der Waals surface area contributed by atoms with Crippen LogP contribution in [0.3, 0.4) is 0 Å². The molecule has 17 heteroatoms. The highest BCUT2D eigenvalue weighted by atomic mass is 16.5. The van der Waals surface area contributed by atoms with Crippen molar-refractivity contribution in [3.05, 3.63) is 42.0 Å². The lowest BCUT2D eigenvalue weighted by Crippen LogP contribution is -2.54. The third-order valence-electron chi connectivity index (χ3n) is 12.0. The zero-order valence-corrected chi connectivity index (χ0v) is 38.6. The number of carbonyl (C=O) groups is 8. The van der Waals surface area contributed by atoms with E-state index < -0.39 is 48.0 Å². The van der Waals surface area contributed by atoms with Crippen LogP contribution in [-0.2, 0) is 59.0 Å². The summed E-state index contributed by atoms with van der Waals surface area (Å²) in [4.78, 5) is 107. The monoisotopic (exact) mass is 883 g/mol.